The third-order valence-corrected chi connectivity index (χ3v) is 4.00. The van der Waals surface area contributed by atoms with Crippen molar-refractivity contribution in [1.29, 1.82) is 0 Å². The van der Waals surface area contributed by atoms with Gasteiger partial charge in [0.05, 0.1) is 0 Å². The van der Waals surface area contributed by atoms with Crippen molar-refractivity contribution in [2.45, 2.75) is 26.8 Å². The van der Waals surface area contributed by atoms with Crippen LogP contribution in [0.25, 0.3) is 10.9 Å². The van der Waals surface area contributed by atoms with Gasteiger partial charge in [-0.2, -0.15) is 0 Å². The molecule has 0 aliphatic carbocycles. The van der Waals surface area contributed by atoms with E-state index in [9.17, 15) is 0 Å². The molecule has 2 heteroatoms. The summed E-state index contributed by atoms with van der Waals surface area (Å²) in [4.78, 5) is 3.50. The van der Waals surface area contributed by atoms with Gasteiger partial charge in [-0.1, -0.05) is 42.5 Å². The lowest BCUT2D eigenvalue weighted by molar-refractivity contribution is 0.687. The molecule has 2 aromatic carbocycles. The zero-order valence-electron chi connectivity index (χ0n) is 12.7. The molecular weight excluding hydrogens is 256 g/mol. The fourth-order valence-corrected chi connectivity index (χ4v) is 2.87. The fraction of sp³-hybridized carbons (Fsp3) is 0.263. The number of aryl methyl sites for hydroxylation is 2. The topological polar surface area (TPSA) is 27.8 Å². The average molecular weight is 278 g/mol. The van der Waals surface area contributed by atoms with Crippen LogP contribution in [-0.4, -0.2) is 11.5 Å². The molecule has 0 fully saturated rings. The lowest BCUT2D eigenvalue weighted by Gasteiger charge is -2.05. The summed E-state index contributed by atoms with van der Waals surface area (Å²) in [5.74, 6) is 0. The molecular formula is C19H22N2. The number of aromatic nitrogens is 1. The van der Waals surface area contributed by atoms with Crippen LogP contribution in [0.5, 0.6) is 0 Å². The van der Waals surface area contributed by atoms with Crippen LogP contribution in [0.4, 0.5) is 0 Å². The second kappa shape index (κ2) is 6.15. The highest BCUT2D eigenvalue weighted by atomic mass is 14.8. The van der Waals surface area contributed by atoms with E-state index < -0.39 is 0 Å². The van der Waals surface area contributed by atoms with E-state index in [0.717, 1.165) is 19.5 Å². The highest BCUT2D eigenvalue weighted by Crippen LogP contribution is 2.23. The second-order valence-electron chi connectivity index (χ2n) is 5.69. The minimum atomic E-state index is 0.932. The van der Waals surface area contributed by atoms with Gasteiger partial charge in [0.1, 0.15) is 0 Å². The van der Waals surface area contributed by atoms with Crippen molar-refractivity contribution < 1.29 is 0 Å². The van der Waals surface area contributed by atoms with Gasteiger partial charge in [0.25, 0.3) is 0 Å². The Kier molecular flexibility index (Phi) is 4.07. The van der Waals surface area contributed by atoms with E-state index >= 15 is 0 Å². The van der Waals surface area contributed by atoms with Crippen LogP contribution >= 0.6 is 0 Å². The summed E-state index contributed by atoms with van der Waals surface area (Å²) in [5.41, 5.74) is 6.62. The number of rotatable bonds is 5. The smallest absolute Gasteiger partial charge is 0.0461 e. The molecule has 0 radical (unpaired) electrons. The molecule has 0 saturated heterocycles. The lowest BCUT2D eigenvalue weighted by Crippen LogP contribution is -2.16. The van der Waals surface area contributed by atoms with Gasteiger partial charge in [-0.25, -0.2) is 0 Å². The van der Waals surface area contributed by atoms with E-state index in [0.29, 0.717) is 0 Å². The zero-order valence-corrected chi connectivity index (χ0v) is 12.7. The Morgan fingerprint density at radius 3 is 2.62 bits per heavy atom. The van der Waals surface area contributed by atoms with Gasteiger partial charge in [-0.15, -0.1) is 0 Å². The van der Waals surface area contributed by atoms with Gasteiger partial charge in [0.2, 0.25) is 0 Å². The molecule has 2 nitrogen and oxygen atoms in total. The molecule has 3 aromatic rings. The van der Waals surface area contributed by atoms with Crippen molar-refractivity contribution in [1.82, 2.24) is 10.3 Å². The molecule has 0 atom stereocenters. The van der Waals surface area contributed by atoms with E-state index in [4.69, 9.17) is 0 Å². The zero-order chi connectivity index (χ0) is 14.7. The molecule has 0 aliphatic heterocycles. The summed E-state index contributed by atoms with van der Waals surface area (Å²) in [6.45, 7) is 6.23. The van der Waals surface area contributed by atoms with Gasteiger partial charge < -0.3 is 10.3 Å². The van der Waals surface area contributed by atoms with E-state index in [1.807, 2.05) is 0 Å². The third-order valence-electron chi connectivity index (χ3n) is 4.00. The fourth-order valence-electron chi connectivity index (χ4n) is 2.87. The Morgan fingerprint density at radius 1 is 1.00 bits per heavy atom. The van der Waals surface area contributed by atoms with Crippen LogP contribution in [0.2, 0.25) is 0 Å². The van der Waals surface area contributed by atoms with E-state index in [2.05, 4.69) is 72.7 Å². The molecule has 21 heavy (non-hydrogen) atoms. The summed E-state index contributed by atoms with van der Waals surface area (Å²) >= 11 is 0. The number of H-pyrrole nitrogens is 1. The van der Waals surface area contributed by atoms with Crippen LogP contribution < -0.4 is 5.32 Å². The maximum atomic E-state index is 3.53. The number of benzene rings is 2. The molecule has 0 bridgehead atoms. The normalized spacial score (nSPS) is 11.1. The standard InChI is InChI=1S/C19H22N2/c1-14-8-9-18-17(15(2)21-19(18)12-14)10-11-20-13-16-6-4-3-5-7-16/h3-9,12,20-21H,10-11,13H2,1-2H3. The van der Waals surface area contributed by atoms with Gasteiger partial charge in [-0.3, -0.25) is 0 Å². The second-order valence-corrected chi connectivity index (χ2v) is 5.69. The Labute approximate surface area is 126 Å². The number of hydrogen-bond donors (Lipinski definition) is 2. The van der Waals surface area contributed by atoms with E-state index in [-0.39, 0.29) is 0 Å². The van der Waals surface area contributed by atoms with Gasteiger partial charge >= 0.3 is 0 Å². The predicted octanol–water partition coefficient (Wildman–Crippen LogP) is 4.12. The summed E-state index contributed by atoms with van der Waals surface area (Å²) in [6, 6.07) is 17.2. The molecule has 0 unspecified atom stereocenters. The quantitative estimate of drug-likeness (QED) is 0.675. The molecule has 3 rings (SSSR count). The monoisotopic (exact) mass is 278 g/mol. The first-order valence-electron chi connectivity index (χ1n) is 7.56. The molecule has 0 aliphatic rings. The first-order valence-corrected chi connectivity index (χ1v) is 7.56. The van der Waals surface area contributed by atoms with Crippen molar-refractivity contribution in [3.8, 4) is 0 Å². The Hall–Kier alpha value is -2.06. The molecule has 108 valence electrons. The molecule has 0 amide bonds. The van der Waals surface area contributed by atoms with E-state index in [1.54, 1.807) is 0 Å². The maximum Gasteiger partial charge on any atom is 0.0461 e. The van der Waals surface area contributed by atoms with Crippen LogP contribution in [0, 0.1) is 13.8 Å². The summed E-state index contributed by atoms with van der Waals surface area (Å²) < 4.78 is 0. The van der Waals surface area contributed by atoms with Gasteiger partial charge in [0, 0.05) is 23.1 Å². The molecule has 1 aromatic heterocycles. The first-order chi connectivity index (χ1) is 10.2. The number of aromatic amines is 1. The van der Waals surface area contributed by atoms with Gasteiger partial charge in [-0.05, 0) is 49.6 Å². The number of hydrogen-bond acceptors (Lipinski definition) is 1. The van der Waals surface area contributed by atoms with Crippen molar-refractivity contribution >= 4 is 10.9 Å². The molecule has 0 spiro atoms. The number of nitrogens with one attached hydrogen (secondary N) is 2. The highest BCUT2D eigenvalue weighted by Gasteiger charge is 2.07. The Balaban J connectivity index is 1.64. The van der Waals surface area contributed by atoms with Crippen LogP contribution in [-0.2, 0) is 13.0 Å². The number of fused-ring (bicyclic) bond motifs is 1. The van der Waals surface area contributed by atoms with Crippen molar-refractivity contribution in [2.24, 2.45) is 0 Å². The summed E-state index contributed by atoms with van der Waals surface area (Å²) in [5, 5.41) is 4.89. The first kappa shape index (κ1) is 13.9. The molecule has 2 N–H and O–H groups in total. The molecule has 1 heterocycles. The molecule has 0 saturated carbocycles. The van der Waals surface area contributed by atoms with Crippen molar-refractivity contribution in [3.63, 3.8) is 0 Å². The average Bonchev–Trinajstić information content (AvgIpc) is 2.79. The minimum absolute atomic E-state index is 0.932. The van der Waals surface area contributed by atoms with E-state index in [1.165, 1.54) is 33.3 Å². The largest absolute Gasteiger partial charge is 0.358 e. The summed E-state index contributed by atoms with van der Waals surface area (Å²) in [6.07, 6.45) is 1.06. The lowest BCUT2D eigenvalue weighted by atomic mass is 10.1. The minimum Gasteiger partial charge on any atom is -0.358 e. The van der Waals surface area contributed by atoms with Crippen molar-refractivity contribution in [3.05, 3.63) is 70.9 Å². The SMILES string of the molecule is Cc1ccc2c(CCNCc3ccccc3)c(C)[nH]c2c1. The Bertz CT molecular complexity index is 726. The predicted molar refractivity (Wildman–Crippen MR) is 89.6 cm³/mol. The van der Waals surface area contributed by atoms with Crippen LogP contribution in [0.1, 0.15) is 22.4 Å². The summed E-state index contributed by atoms with van der Waals surface area (Å²) in [7, 11) is 0. The van der Waals surface area contributed by atoms with Crippen molar-refractivity contribution in [2.75, 3.05) is 6.54 Å². The maximum absolute atomic E-state index is 3.53. The Morgan fingerprint density at radius 2 is 1.81 bits per heavy atom. The van der Waals surface area contributed by atoms with Crippen LogP contribution in [0.15, 0.2) is 48.5 Å². The van der Waals surface area contributed by atoms with Crippen LogP contribution in [0.3, 0.4) is 0 Å². The van der Waals surface area contributed by atoms with Gasteiger partial charge in [0.15, 0.2) is 0 Å². The third kappa shape index (κ3) is 3.17. The highest BCUT2D eigenvalue weighted by molar-refractivity contribution is 5.85.